The van der Waals surface area contributed by atoms with E-state index in [1.807, 2.05) is 0 Å². The summed E-state index contributed by atoms with van der Waals surface area (Å²) in [5, 5.41) is 0. The first-order valence-electron chi connectivity index (χ1n) is 28.8. The first kappa shape index (κ1) is 62.9. The maximum atomic E-state index is 12.8. The van der Waals surface area contributed by atoms with Gasteiger partial charge >= 0.3 is 17.9 Å². The second-order valence-corrected chi connectivity index (χ2v) is 19.6. The van der Waals surface area contributed by atoms with E-state index in [9.17, 15) is 14.4 Å². The lowest BCUT2D eigenvalue weighted by atomic mass is 10.0. The minimum Gasteiger partial charge on any atom is -0.462 e. The highest BCUT2D eigenvalue weighted by molar-refractivity contribution is 5.71. The number of hydrogen-bond acceptors (Lipinski definition) is 6. The molecule has 6 nitrogen and oxygen atoms in total. The lowest BCUT2D eigenvalue weighted by Gasteiger charge is -2.18. The van der Waals surface area contributed by atoms with E-state index < -0.39 is 6.10 Å². The summed E-state index contributed by atoms with van der Waals surface area (Å²) in [6.07, 6.45) is 63.1. The molecule has 0 heterocycles. The summed E-state index contributed by atoms with van der Waals surface area (Å²) in [5.74, 6) is -0.863. The second kappa shape index (κ2) is 54.5. The molecule has 0 aromatic heterocycles. The van der Waals surface area contributed by atoms with Crippen LogP contribution in [0.5, 0.6) is 0 Å². The van der Waals surface area contributed by atoms with E-state index >= 15 is 0 Å². The zero-order valence-electron chi connectivity index (χ0n) is 43.8. The van der Waals surface area contributed by atoms with Gasteiger partial charge in [0.1, 0.15) is 13.2 Å². The minimum atomic E-state index is -0.772. The van der Waals surface area contributed by atoms with Crippen LogP contribution in [0.25, 0.3) is 0 Å². The van der Waals surface area contributed by atoms with Crippen molar-refractivity contribution in [1.82, 2.24) is 0 Å². The molecule has 65 heavy (non-hydrogen) atoms. The third-order valence-electron chi connectivity index (χ3n) is 12.9. The fraction of sp³-hybridized carbons (Fsp3) is 0.881. The van der Waals surface area contributed by atoms with Gasteiger partial charge in [0, 0.05) is 19.3 Å². The van der Waals surface area contributed by atoms with Crippen LogP contribution in [-0.2, 0) is 28.6 Å². The molecule has 0 saturated carbocycles. The summed E-state index contributed by atoms with van der Waals surface area (Å²) in [4.78, 5) is 38.1. The topological polar surface area (TPSA) is 78.9 Å². The number of carbonyl (C=O) groups excluding carboxylic acids is 3. The van der Waals surface area contributed by atoms with Gasteiger partial charge in [0.15, 0.2) is 6.10 Å². The molecule has 0 aliphatic heterocycles. The third kappa shape index (κ3) is 52.7. The quantitative estimate of drug-likeness (QED) is 0.0262. The molecule has 0 aromatic carbocycles. The van der Waals surface area contributed by atoms with E-state index in [1.54, 1.807) is 0 Å². The van der Waals surface area contributed by atoms with Gasteiger partial charge < -0.3 is 14.2 Å². The number of unbranched alkanes of at least 4 members (excludes halogenated alkanes) is 38. The van der Waals surface area contributed by atoms with E-state index in [4.69, 9.17) is 14.2 Å². The molecule has 0 fully saturated rings. The van der Waals surface area contributed by atoms with Gasteiger partial charge in [0.05, 0.1) is 0 Å². The Kier molecular flexibility index (Phi) is 52.7. The van der Waals surface area contributed by atoms with Gasteiger partial charge in [-0.25, -0.2) is 0 Å². The average Bonchev–Trinajstić information content (AvgIpc) is 3.30. The van der Waals surface area contributed by atoms with Crippen LogP contribution in [0, 0.1) is 0 Å². The largest absolute Gasteiger partial charge is 0.462 e. The van der Waals surface area contributed by atoms with Gasteiger partial charge in [-0.15, -0.1) is 0 Å². The molecule has 0 aromatic rings. The Hall–Kier alpha value is -2.11. The first-order chi connectivity index (χ1) is 32.0. The summed E-state index contributed by atoms with van der Waals surface area (Å²) < 4.78 is 16.9. The second-order valence-electron chi connectivity index (χ2n) is 19.6. The highest BCUT2D eigenvalue weighted by Gasteiger charge is 2.19. The average molecular weight is 916 g/mol. The van der Waals surface area contributed by atoms with E-state index in [-0.39, 0.29) is 31.1 Å². The Labute approximate surface area is 404 Å². The molecule has 0 N–H and O–H groups in total. The molecule has 0 unspecified atom stereocenters. The number of rotatable bonds is 53. The van der Waals surface area contributed by atoms with Gasteiger partial charge in [-0.1, -0.05) is 251 Å². The van der Waals surface area contributed by atoms with Crippen molar-refractivity contribution in [3.8, 4) is 0 Å². The van der Waals surface area contributed by atoms with E-state index in [0.717, 1.165) is 64.2 Å². The number of esters is 3. The summed E-state index contributed by atoms with van der Waals surface area (Å²) in [5.41, 5.74) is 0. The van der Waals surface area contributed by atoms with Crippen molar-refractivity contribution in [2.75, 3.05) is 13.2 Å². The van der Waals surface area contributed by atoms with E-state index in [1.165, 1.54) is 212 Å². The van der Waals surface area contributed by atoms with Crippen molar-refractivity contribution in [3.63, 3.8) is 0 Å². The summed E-state index contributed by atoms with van der Waals surface area (Å²) in [6.45, 7) is 6.66. The van der Waals surface area contributed by atoms with Gasteiger partial charge in [-0.3, -0.25) is 14.4 Å². The molecular formula is C59H110O6. The third-order valence-corrected chi connectivity index (χ3v) is 12.9. The lowest BCUT2D eigenvalue weighted by Crippen LogP contribution is -2.30. The maximum absolute atomic E-state index is 12.8. The van der Waals surface area contributed by atoms with Gasteiger partial charge in [-0.05, 0) is 70.6 Å². The Morgan fingerprint density at radius 3 is 0.769 bits per heavy atom. The van der Waals surface area contributed by atoms with E-state index in [2.05, 4.69) is 45.1 Å². The molecular weight excluding hydrogens is 805 g/mol. The van der Waals surface area contributed by atoms with E-state index in [0.29, 0.717) is 19.3 Å². The Morgan fingerprint density at radius 1 is 0.292 bits per heavy atom. The van der Waals surface area contributed by atoms with Crippen LogP contribution >= 0.6 is 0 Å². The standard InChI is InChI=1S/C59H110O6/c1-4-7-10-13-16-19-22-25-27-28-29-30-32-34-37-40-43-46-49-52-58(61)64-55-56(54-63-57(60)51-48-45-42-39-36-33-24-21-18-15-12-9-6-3)65-59(62)53-50-47-44-41-38-35-31-26-23-20-17-14-11-8-5-2/h25-27,31,56H,4-24,28-30,32-55H2,1-3H3/b27-25-,31-26-/t56-/m1/s1. The molecule has 0 bridgehead atoms. The first-order valence-corrected chi connectivity index (χ1v) is 28.8. The molecule has 0 radical (unpaired) electrons. The van der Waals surface area contributed by atoms with Crippen molar-refractivity contribution in [2.45, 2.75) is 322 Å². The zero-order valence-corrected chi connectivity index (χ0v) is 43.8. The van der Waals surface area contributed by atoms with Crippen LogP contribution in [0.15, 0.2) is 24.3 Å². The summed E-state index contributed by atoms with van der Waals surface area (Å²) in [6, 6.07) is 0. The van der Waals surface area contributed by atoms with Crippen molar-refractivity contribution >= 4 is 17.9 Å². The highest BCUT2D eigenvalue weighted by Crippen LogP contribution is 2.16. The van der Waals surface area contributed by atoms with Crippen LogP contribution in [0.2, 0.25) is 0 Å². The highest BCUT2D eigenvalue weighted by atomic mass is 16.6. The van der Waals surface area contributed by atoms with Crippen molar-refractivity contribution in [3.05, 3.63) is 24.3 Å². The molecule has 6 heteroatoms. The van der Waals surface area contributed by atoms with Crippen molar-refractivity contribution in [1.29, 1.82) is 0 Å². The summed E-state index contributed by atoms with van der Waals surface area (Å²) in [7, 11) is 0. The molecule has 0 spiro atoms. The normalized spacial score (nSPS) is 12.1. The fourth-order valence-electron chi connectivity index (χ4n) is 8.55. The van der Waals surface area contributed by atoms with Crippen LogP contribution in [0.3, 0.4) is 0 Å². The van der Waals surface area contributed by atoms with Crippen LogP contribution in [-0.4, -0.2) is 37.2 Å². The predicted octanol–water partition coefficient (Wildman–Crippen LogP) is 19.1. The van der Waals surface area contributed by atoms with Crippen LogP contribution in [0.1, 0.15) is 316 Å². The van der Waals surface area contributed by atoms with Crippen LogP contribution in [0.4, 0.5) is 0 Å². The number of allylic oxidation sites excluding steroid dienone is 4. The Morgan fingerprint density at radius 2 is 0.508 bits per heavy atom. The number of hydrogen-bond donors (Lipinski definition) is 0. The lowest BCUT2D eigenvalue weighted by molar-refractivity contribution is -0.167. The Balaban J connectivity index is 4.32. The van der Waals surface area contributed by atoms with Gasteiger partial charge in [0.2, 0.25) is 0 Å². The molecule has 0 aliphatic carbocycles. The zero-order chi connectivity index (χ0) is 47.2. The molecule has 0 rings (SSSR count). The molecule has 0 aliphatic rings. The van der Waals surface area contributed by atoms with Gasteiger partial charge in [-0.2, -0.15) is 0 Å². The SMILES string of the molecule is CCCCCCCC/C=C\CCCCCCCCCCCC(=O)OC[C@@H](COC(=O)CCCCCCCCCCCCCCC)OC(=O)CCCCCCC/C=C\CCCCCCCC. The minimum absolute atomic E-state index is 0.0708. The number of ether oxygens (including phenoxy) is 3. The molecule has 382 valence electrons. The molecule has 1 atom stereocenters. The molecule has 0 amide bonds. The van der Waals surface area contributed by atoms with Crippen molar-refractivity contribution < 1.29 is 28.6 Å². The smallest absolute Gasteiger partial charge is 0.306 e. The fourth-order valence-corrected chi connectivity index (χ4v) is 8.55. The number of carbonyl (C=O) groups is 3. The maximum Gasteiger partial charge on any atom is 0.306 e. The summed E-state index contributed by atoms with van der Waals surface area (Å²) >= 11 is 0. The van der Waals surface area contributed by atoms with Crippen molar-refractivity contribution in [2.24, 2.45) is 0 Å². The Bertz CT molecular complexity index is 1050. The predicted molar refractivity (Wildman–Crippen MR) is 279 cm³/mol. The van der Waals surface area contributed by atoms with Crippen LogP contribution < -0.4 is 0 Å². The van der Waals surface area contributed by atoms with Gasteiger partial charge in [0.25, 0.3) is 0 Å². The molecule has 0 saturated heterocycles. The monoisotopic (exact) mass is 915 g/mol.